The summed E-state index contributed by atoms with van der Waals surface area (Å²) in [7, 11) is 1.58. The fraction of sp³-hybridized carbons (Fsp3) is 0.286. The zero-order valence-corrected chi connectivity index (χ0v) is 10.6. The number of methoxy groups -OCH3 is 1. The first-order valence-corrected chi connectivity index (χ1v) is 5.86. The third-order valence-electron chi connectivity index (χ3n) is 2.67. The maximum absolute atomic E-state index is 11.7. The average Bonchev–Trinajstić information content (AvgIpc) is 2.37. The second-order valence-corrected chi connectivity index (χ2v) is 4.12. The molecule has 2 rings (SSSR count). The Bertz CT molecular complexity index is 567. The van der Waals surface area contributed by atoms with Gasteiger partial charge in [0.15, 0.2) is 0 Å². The van der Waals surface area contributed by atoms with Crippen LogP contribution in [0.3, 0.4) is 0 Å². The summed E-state index contributed by atoms with van der Waals surface area (Å²) in [6, 6.07) is 9.71. The maximum atomic E-state index is 11.7. The number of amides is 1. The number of nitrogens with zero attached hydrogens (tertiary/aromatic N) is 1. The number of aryl methyl sites for hydroxylation is 1. The van der Waals surface area contributed by atoms with Crippen molar-refractivity contribution in [2.24, 2.45) is 0 Å². The number of carbonyl (C=O) groups excluding carboxylic acids is 1. The van der Waals surface area contributed by atoms with Crippen molar-refractivity contribution in [3.8, 4) is 0 Å². The van der Waals surface area contributed by atoms with E-state index in [1.807, 2.05) is 37.3 Å². The number of carbonyl (C=O) groups is 1. The first-order valence-electron chi connectivity index (χ1n) is 5.86. The van der Waals surface area contributed by atoms with Crippen molar-refractivity contribution in [2.75, 3.05) is 19.0 Å². The number of ether oxygens (including phenoxy) is 1. The van der Waals surface area contributed by atoms with Gasteiger partial charge in [-0.2, -0.15) is 0 Å². The molecule has 1 aromatic heterocycles. The van der Waals surface area contributed by atoms with Gasteiger partial charge in [0.25, 0.3) is 0 Å². The molecule has 1 aromatic carbocycles. The van der Waals surface area contributed by atoms with Crippen LogP contribution in [0, 0.1) is 6.92 Å². The largest absolute Gasteiger partial charge is 0.384 e. The maximum Gasteiger partial charge on any atom is 0.226 e. The van der Waals surface area contributed by atoms with E-state index in [9.17, 15) is 4.79 Å². The summed E-state index contributed by atoms with van der Waals surface area (Å²) in [6.45, 7) is 2.35. The molecule has 0 aliphatic heterocycles. The van der Waals surface area contributed by atoms with Gasteiger partial charge in [0.05, 0.1) is 24.2 Å². The fourth-order valence-corrected chi connectivity index (χ4v) is 1.75. The summed E-state index contributed by atoms with van der Waals surface area (Å²) in [5.74, 6) is -0.0624. The summed E-state index contributed by atoms with van der Waals surface area (Å²) in [6.07, 6.45) is 0.346. The molecule has 0 unspecified atom stereocenters. The molecule has 18 heavy (non-hydrogen) atoms. The lowest BCUT2D eigenvalue weighted by molar-refractivity contribution is -0.117. The molecule has 0 aliphatic rings. The second kappa shape index (κ2) is 5.60. The molecule has 0 saturated heterocycles. The van der Waals surface area contributed by atoms with E-state index in [0.29, 0.717) is 13.0 Å². The third-order valence-corrected chi connectivity index (χ3v) is 2.67. The van der Waals surface area contributed by atoms with Crippen LogP contribution in [-0.4, -0.2) is 24.6 Å². The Morgan fingerprint density at radius 3 is 2.94 bits per heavy atom. The molecular formula is C14H16N2O2. The van der Waals surface area contributed by atoms with E-state index < -0.39 is 0 Å². The number of nitrogens with one attached hydrogen (secondary N) is 1. The van der Waals surface area contributed by atoms with Crippen LogP contribution in [0.15, 0.2) is 30.3 Å². The quantitative estimate of drug-likeness (QED) is 0.899. The van der Waals surface area contributed by atoms with Crippen molar-refractivity contribution < 1.29 is 9.53 Å². The predicted molar refractivity (Wildman–Crippen MR) is 71.6 cm³/mol. The number of aromatic nitrogens is 1. The van der Waals surface area contributed by atoms with Crippen molar-refractivity contribution in [1.82, 2.24) is 4.98 Å². The van der Waals surface area contributed by atoms with Crippen molar-refractivity contribution in [1.29, 1.82) is 0 Å². The Balaban J connectivity index is 2.27. The topological polar surface area (TPSA) is 51.2 Å². The van der Waals surface area contributed by atoms with Crippen molar-refractivity contribution in [3.63, 3.8) is 0 Å². The monoisotopic (exact) mass is 244 g/mol. The van der Waals surface area contributed by atoms with Crippen LogP contribution in [0.4, 0.5) is 5.69 Å². The molecule has 4 heteroatoms. The van der Waals surface area contributed by atoms with Gasteiger partial charge in [0.1, 0.15) is 0 Å². The molecule has 2 aromatic rings. The smallest absolute Gasteiger partial charge is 0.226 e. The molecule has 0 saturated carbocycles. The predicted octanol–water partition coefficient (Wildman–Crippen LogP) is 2.52. The van der Waals surface area contributed by atoms with Gasteiger partial charge in [-0.25, -0.2) is 0 Å². The van der Waals surface area contributed by atoms with E-state index in [1.165, 1.54) is 0 Å². The Morgan fingerprint density at radius 2 is 2.17 bits per heavy atom. The van der Waals surface area contributed by atoms with Gasteiger partial charge in [-0.05, 0) is 19.1 Å². The van der Waals surface area contributed by atoms with Gasteiger partial charge in [0.2, 0.25) is 5.91 Å². The van der Waals surface area contributed by atoms with Crippen LogP contribution in [0.5, 0.6) is 0 Å². The lowest BCUT2D eigenvalue weighted by atomic mass is 10.1. The highest BCUT2D eigenvalue weighted by Gasteiger charge is 2.06. The van der Waals surface area contributed by atoms with Gasteiger partial charge < -0.3 is 10.1 Å². The van der Waals surface area contributed by atoms with Crippen LogP contribution in [0.2, 0.25) is 0 Å². The van der Waals surface area contributed by atoms with Crippen LogP contribution in [0.1, 0.15) is 12.1 Å². The third kappa shape index (κ3) is 2.84. The number of rotatable bonds is 4. The molecule has 0 spiro atoms. The van der Waals surface area contributed by atoms with Crippen molar-refractivity contribution in [3.05, 3.63) is 36.0 Å². The molecule has 0 atom stereocenters. The fourth-order valence-electron chi connectivity index (χ4n) is 1.75. The number of anilines is 1. The number of pyridine rings is 1. The van der Waals surface area contributed by atoms with Crippen LogP contribution in [0.25, 0.3) is 10.9 Å². The highest BCUT2D eigenvalue weighted by molar-refractivity contribution is 6.00. The average molecular weight is 244 g/mol. The number of hydrogen-bond donors (Lipinski definition) is 1. The normalized spacial score (nSPS) is 10.6. The summed E-state index contributed by atoms with van der Waals surface area (Å²) in [5.41, 5.74) is 2.50. The zero-order chi connectivity index (χ0) is 13.0. The molecular weight excluding hydrogens is 228 g/mol. The summed E-state index contributed by atoms with van der Waals surface area (Å²) >= 11 is 0. The van der Waals surface area contributed by atoms with E-state index in [2.05, 4.69) is 10.3 Å². The molecule has 1 heterocycles. The Hall–Kier alpha value is -1.94. The van der Waals surface area contributed by atoms with Crippen molar-refractivity contribution in [2.45, 2.75) is 13.3 Å². The van der Waals surface area contributed by atoms with Gasteiger partial charge >= 0.3 is 0 Å². The second-order valence-electron chi connectivity index (χ2n) is 4.12. The summed E-state index contributed by atoms with van der Waals surface area (Å²) in [5, 5.41) is 3.88. The first kappa shape index (κ1) is 12.5. The highest BCUT2D eigenvalue weighted by Crippen LogP contribution is 2.21. The number of benzene rings is 1. The van der Waals surface area contributed by atoms with E-state index in [0.717, 1.165) is 22.3 Å². The lowest BCUT2D eigenvalue weighted by Gasteiger charge is -2.08. The SMILES string of the molecule is COCCC(=O)Nc1cccc2ccc(C)nc12. The number of para-hydroxylation sites is 1. The molecule has 0 radical (unpaired) electrons. The van der Waals surface area contributed by atoms with Crippen LogP contribution < -0.4 is 5.32 Å². The first-order chi connectivity index (χ1) is 8.70. The molecule has 1 amide bonds. The Labute approximate surface area is 106 Å². The minimum atomic E-state index is -0.0624. The number of fused-ring (bicyclic) bond motifs is 1. The molecule has 4 nitrogen and oxygen atoms in total. The van der Waals surface area contributed by atoms with Gasteiger partial charge in [-0.15, -0.1) is 0 Å². The summed E-state index contributed by atoms with van der Waals surface area (Å²) in [4.78, 5) is 16.1. The molecule has 94 valence electrons. The highest BCUT2D eigenvalue weighted by atomic mass is 16.5. The van der Waals surface area contributed by atoms with Gasteiger partial charge in [-0.1, -0.05) is 18.2 Å². The van der Waals surface area contributed by atoms with Gasteiger partial charge in [0, 0.05) is 18.2 Å². The van der Waals surface area contributed by atoms with E-state index in [-0.39, 0.29) is 5.91 Å². The lowest BCUT2D eigenvalue weighted by Crippen LogP contribution is -2.14. The van der Waals surface area contributed by atoms with E-state index in [4.69, 9.17) is 4.74 Å². The molecule has 1 N–H and O–H groups in total. The summed E-state index contributed by atoms with van der Waals surface area (Å²) < 4.78 is 4.88. The minimum absolute atomic E-state index is 0.0624. The van der Waals surface area contributed by atoms with E-state index in [1.54, 1.807) is 7.11 Å². The standard InChI is InChI=1S/C14H16N2O2/c1-10-6-7-11-4-3-5-12(14(11)15-10)16-13(17)8-9-18-2/h3-7H,8-9H2,1-2H3,(H,16,17). The Kier molecular flexibility index (Phi) is 3.89. The molecule has 0 fully saturated rings. The van der Waals surface area contributed by atoms with Crippen molar-refractivity contribution >= 4 is 22.5 Å². The minimum Gasteiger partial charge on any atom is -0.384 e. The molecule has 0 aliphatic carbocycles. The Morgan fingerprint density at radius 1 is 1.33 bits per heavy atom. The van der Waals surface area contributed by atoms with Gasteiger partial charge in [-0.3, -0.25) is 9.78 Å². The van der Waals surface area contributed by atoms with Crippen LogP contribution in [-0.2, 0) is 9.53 Å². The van der Waals surface area contributed by atoms with Crippen LogP contribution >= 0.6 is 0 Å². The van der Waals surface area contributed by atoms with E-state index >= 15 is 0 Å². The molecule has 0 bridgehead atoms. The zero-order valence-electron chi connectivity index (χ0n) is 10.6. The number of hydrogen-bond acceptors (Lipinski definition) is 3.